The SMILES string of the molecule is COC(=O)c1ccccc1C(=O)OC.O=C(O)C1CCC(C(=O)O)CC1. The van der Waals surface area contributed by atoms with Gasteiger partial charge in [-0.2, -0.15) is 0 Å². The van der Waals surface area contributed by atoms with Crippen LogP contribution in [-0.4, -0.2) is 48.3 Å². The second kappa shape index (κ2) is 10.2. The molecule has 0 spiro atoms. The molecule has 0 unspecified atom stereocenters. The van der Waals surface area contributed by atoms with Crippen LogP contribution in [0.25, 0.3) is 0 Å². The fraction of sp³-hybridized carbons (Fsp3) is 0.444. The van der Waals surface area contributed by atoms with Gasteiger partial charge in [-0.25, -0.2) is 9.59 Å². The van der Waals surface area contributed by atoms with Gasteiger partial charge in [0.05, 0.1) is 37.2 Å². The molecule has 0 atom stereocenters. The first-order chi connectivity index (χ1) is 12.3. The monoisotopic (exact) mass is 366 g/mol. The third-order valence-corrected chi connectivity index (χ3v) is 4.16. The Morgan fingerprint density at radius 2 is 1.08 bits per heavy atom. The highest BCUT2D eigenvalue weighted by molar-refractivity contribution is 6.03. The molecule has 0 aromatic heterocycles. The predicted octanol–water partition coefficient (Wildman–Crippen LogP) is 2.22. The molecule has 2 rings (SSSR count). The number of hydrogen-bond acceptors (Lipinski definition) is 6. The minimum atomic E-state index is -0.793. The first kappa shape index (κ1) is 21.1. The van der Waals surface area contributed by atoms with Crippen LogP contribution in [-0.2, 0) is 19.1 Å². The van der Waals surface area contributed by atoms with E-state index >= 15 is 0 Å². The Kier molecular flexibility index (Phi) is 8.27. The number of carbonyl (C=O) groups excluding carboxylic acids is 2. The molecule has 0 heterocycles. The normalized spacial score (nSPS) is 18.7. The van der Waals surface area contributed by atoms with Crippen LogP contribution in [0.3, 0.4) is 0 Å². The van der Waals surface area contributed by atoms with E-state index < -0.39 is 23.9 Å². The van der Waals surface area contributed by atoms with Crippen LogP contribution in [0.4, 0.5) is 0 Å². The van der Waals surface area contributed by atoms with Gasteiger partial charge in [-0.3, -0.25) is 9.59 Å². The number of ether oxygens (including phenoxy) is 2. The Morgan fingerprint density at radius 3 is 1.31 bits per heavy atom. The molecule has 0 saturated heterocycles. The summed E-state index contributed by atoms with van der Waals surface area (Å²) < 4.78 is 9.05. The Morgan fingerprint density at radius 1 is 0.769 bits per heavy atom. The summed E-state index contributed by atoms with van der Waals surface area (Å²) in [4.78, 5) is 43.4. The smallest absolute Gasteiger partial charge is 0.338 e. The summed E-state index contributed by atoms with van der Waals surface area (Å²) >= 11 is 0. The van der Waals surface area contributed by atoms with Gasteiger partial charge in [0.2, 0.25) is 0 Å². The Hall–Kier alpha value is -2.90. The van der Waals surface area contributed by atoms with E-state index in [0.29, 0.717) is 25.7 Å². The van der Waals surface area contributed by atoms with Crippen molar-refractivity contribution in [3.05, 3.63) is 35.4 Å². The van der Waals surface area contributed by atoms with Crippen molar-refractivity contribution in [1.82, 2.24) is 0 Å². The number of methoxy groups -OCH3 is 2. The average Bonchev–Trinajstić information content (AvgIpc) is 2.67. The fourth-order valence-electron chi connectivity index (χ4n) is 2.65. The van der Waals surface area contributed by atoms with E-state index in [0.717, 1.165) is 0 Å². The van der Waals surface area contributed by atoms with Crippen LogP contribution in [0.2, 0.25) is 0 Å². The van der Waals surface area contributed by atoms with Gasteiger partial charge in [0.1, 0.15) is 0 Å². The summed E-state index contributed by atoms with van der Waals surface area (Å²) in [6.07, 6.45) is 2.03. The number of benzene rings is 1. The topological polar surface area (TPSA) is 127 Å². The van der Waals surface area contributed by atoms with Crippen molar-refractivity contribution in [2.75, 3.05) is 14.2 Å². The molecule has 1 saturated carbocycles. The fourth-order valence-corrected chi connectivity index (χ4v) is 2.65. The molecule has 0 radical (unpaired) electrons. The van der Waals surface area contributed by atoms with E-state index in [1.807, 2.05) is 0 Å². The maximum absolute atomic E-state index is 11.2. The zero-order valence-corrected chi connectivity index (χ0v) is 14.6. The largest absolute Gasteiger partial charge is 0.481 e. The number of rotatable bonds is 4. The first-order valence-electron chi connectivity index (χ1n) is 8.03. The van der Waals surface area contributed by atoms with E-state index in [9.17, 15) is 19.2 Å². The van der Waals surface area contributed by atoms with Crippen LogP contribution < -0.4 is 0 Å². The van der Waals surface area contributed by atoms with Crippen molar-refractivity contribution in [2.45, 2.75) is 25.7 Å². The molecule has 1 fully saturated rings. The van der Waals surface area contributed by atoms with Crippen molar-refractivity contribution in [1.29, 1.82) is 0 Å². The van der Waals surface area contributed by atoms with E-state index in [1.165, 1.54) is 26.4 Å². The number of carbonyl (C=O) groups is 4. The minimum absolute atomic E-state index is 0.210. The highest BCUT2D eigenvalue weighted by Gasteiger charge is 2.29. The van der Waals surface area contributed by atoms with E-state index in [-0.39, 0.29) is 23.0 Å². The van der Waals surface area contributed by atoms with Gasteiger partial charge in [-0.1, -0.05) is 12.1 Å². The zero-order chi connectivity index (χ0) is 19.7. The Balaban J connectivity index is 0.000000263. The van der Waals surface area contributed by atoms with Crippen LogP contribution in [0, 0.1) is 11.8 Å². The number of carboxylic acids is 2. The summed E-state index contributed by atoms with van der Waals surface area (Å²) in [5.41, 5.74) is 0.420. The van der Waals surface area contributed by atoms with Crippen LogP contribution in [0.1, 0.15) is 46.4 Å². The molecule has 2 N–H and O–H groups in total. The number of carboxylic acid groups (broad SMARTS) is 2. The van der Waals surface area contributed by atoms with Gasteiger partial charge in [0.15, 0.2) is 0 Å². The first-order valence-corrected chi connectivity index (χ1v) is 8.03. The van der Waals surface area contributed by atoms with Gasteiger partial charge in [-0.15, -0.1) is 0 Å². The lowest BCUT2D eigenvalue weighted by Gasteiger charge is -2.22. The lowest BCUT2D eigenvalue weighted by atomic mass is 9.82. The minimum Gasteiger partial charge on any atom is -0.481 e. The van der Waals surface area contributed by atoms with Gasteiger partial charge < -0.3 is 19.7 Å². The van der Waals surface area contributed by atoms with Gasteiger partial charge in [0, 0.05) is 0 Å². The van der Waals surface area contributed by atoms with Gasteiger partial charge in [-0.05, 0) is 37.8 Å². The lowest BCUT2D eigenvalue weighted by molar-refractivity contribution is -0.148. The maximum atomic E-state index is 11.2. The zero-order valence-electron chi connectivity index (χ0n) is 14.6. The third kappa shape index (κ3) is 5.87. The summed E-state index contributed by atoms with van der Waals surface area (Å²) in [5.74, 6) is -3.32. The predicted molar refractivity (Wildman–Crippen MR) is 89.8 cm³/mol. The standard InChI is InChI=1S/C10H10O4.C8H12O4/c1-13-9(11)7-5-3-4-6-8(7)10(12)14-2;9-7(10)5-1-2-6(4-3-5)8(11)12/h3-6H,1-2H3;5-6H,1-4H2,(H,9,10)(H,11,12). The van der Waals surface area contributed by atoms with Crippen molar-refractivity contribution in [2.24, 2.45) is 11.8 Å². The molecule has 1 aromatic rings. The average molecular weight is 366 g/mol. The molecule has 0 amide bonds. The van der Waals surface area contributed by atoms with E-state index in [1.54, 1.807) is 12.1 Å². The molecule has 26 heavy (non-hydrogen) atoms. The quantitative estimate of drug-likeness (QED) is 0.777. The Bertz CT molecular complexity index is 602. The van der Waals surface area contributed by atoms with Crippen molar-refractivity contribution in [3.8, 4) is 0 Å². The molecular formula is C18H22O8. The summed E-state index contributed by atoms with van der Waals surface area (Å²) in [7, 11) is 2.52. The van der Waals surface area contributed by atoms with Crippen molar-refractivity contribution < 1.29 is 38.9 Å². The highest BCUT2D eigenvalue weighted by Crippen LogP contribution is 2.28. The third-order valence-electron chi connectivity index (χ3n) is 4.16. The van der Waals surface area contributed by atoms with Crippen LogP contribution >= 0.6 is 0 Å². The maximum Gasteiger partial charge on any atom is 0.338 e. The molecule has 1 aromatic carbocycles. The van der Waals surface area contributed by atoms with Crippen LogP contribution in [0.5, 0.6) is 0 Å². The second-order valence-corrected chi connectivity index (χ2v) is 5.75. The van der Waals surface area contributed by atoms with E-state index in [2.05, 4.69) is 9.47 Å². The number of esters is 2. The van der Waals surface area contributed by atoms with Gasteiger partial charge >= 0.3 is 23.9 Å². The van der Waals surface area contributed by atoms with E-state index in [4.69, 9.17) is 10.2 Å². The molecule has 0 aliphatic heterocycles. The molecule has 8 nitrogen and oxygen atoms in total. The lowest BCUT2D eigenvalue weighted by Crippen LogP contribution is -2.25. The highest BCUT2D eigenvalue weighted by atomic mass is 16.5. The molecule has 0 bridgehead atoms. The van der Waals surface area contributed by atoms with Gasteiger partial charge in [0.25, 0.3) is 0 Å². The number of aliphatic carboxylic acids is 2. The summed E-state index contributed by atoms with van der Waals surface area (Å²) in [6.45, 7) is 0. The molecule has 8 heteroatoms. The van der Waals surface area contributed by atoms with Crippen molar-refractivity contribution >= 4 is 23.9 Å². The summed E-state index contributed by atoms with van der Waals surface area (Å²) in [5, 5.41) is 17.2. The molecular weight excluding hydrogens is 344 g/mol. The van der Waals surface area contributed by atoms with Crippen LogP contribution in [0.15, 0.2) is 24.3 Å². The summed E-state index contributed by atoms with van der Waals surface area (Å²) in [6, 6.07) is 6.33. The number of hydrogen-bond donors (Lipinski definition) is 2. The second-order valence-electron chi connectivity index (χ2n) is 5.75. The Labute approximate surface area is 150 Å². The molecule has 1 aliphatic rings. The van der Waals surface area contributed by atoms with Crippen molar-refractivity contribution in [3.63, 3.8) is 0 Å². The molecule has 1 aliphatic carbocycles. The molecule has 142 valence electrons.